The van der Waals surface area contributed by atoms with Crippen LogP contribution in [0.4, 0.5) is 14.7 Å². The van der Waals surface area contributed by atoms with E-state index in [0.717, 1.165) is 11.8 Å². The zero-order chi connectivity index (χ0) is 22.0. The molecule has 3 aromatic rings. The molecular weight excluding hydrogens is 402 g/mol. The first-order valence-electron chi connectivity index (χ1n) is 10.5. The van der Waals surface area contributed by atoms with E-state index in [0.29, 0.717) is 48.2 Å². The van der Waals surface area contributed by atoms with Crippen LogP contribution in [0.5, 0.6) is 0 Å². The standard InChI is InChI=1S/C19H19F2N5O.C3H7N/c1-10-9-26(6-7-27-10)19-24-16(14-5-4-13(20)8-15(14)21)17-18(25-19)23-12(3)11(2)22-17;1-2-4-3-1/h4-5,8,10H,6-7,9H2,1-3H3;4H,1-3H2. The summed E-state index contributed by atoms with van der Waals surface area (Å²) in [6, 6.07) is 3.42. The van der Waals surface area contributed by atoms with Crippen LogP contribution in [0.1, 0.15) is 24.7 Å². The normalized spacial score (nSPS) is 18.4. The number of hydrogen-bond donors (Lipinski definition) is 1. The molecule has 0 saturated carbocycles. The number of nitrogens with zero attached hydrogens (tertiary/aromatic N) is 5. The molecule has 2 saturated heterocycles. The van der Waals surface area contributed by atoms with Crippen LogP contribution in [0.2, 0.25) is 0 Å². The molecule has 5 rings (SSSR count). The van der Waals surface area contributed by atoms with Gasteiger partial charge in [-0.1, -0.05) is 0 Å². The van der Waals surface area contributed by atoms with Crippen LogP contribution in [-0.4, -0.2) is 58.8 Å². The molecule has 2 aromatic heterocycles. The Hall–Kier alpha value is -2.78. The van der Waals surface area contributed by atoms with Gasteiger partial charge in [-0.15, -0.1) is 0 Å². The third-order valence-electron chi connectivity index (χ3n) is 5.35. The molecule has 1 atom stereocenters. The van der Waals surface area contributed by atoms with E-state index in [1.54, 1.807) is 0 Å². The molecule has 9 heteroatoms. The second-order valence-corrected chi connectivity index (χ2v) is 7.79. The van der Waals surface area contributed by atoms with E-state index in [-0.39, 0.29) is 11.7 Å². The molecule has 0 radical (unpaired) electrons. The molecule has 164 valence electrons. The van der Waals surface area contributed by atoms with Gasteiger partial charge in [-0.25, -0.2) is 23.7 Å². The van der Waals surface area contributed by atoms with Crippen molar-refractivity contribution in [1.29, 1.82) is 0 Å². The predicted octanol–water partition coefficient (Wildman–Crippen LogP) is 3.19. The third-order valence-corrected chi connectivity index (χ3v) is 5.35. The van der Waals surface area contributed by atoms with E-state index in [1.807, 2.05) is 25.7 Å². The van der Waals surface area contributed by atoms with Gasteiger partial charge < -0.3 is 15.0 Å². The van der Waals surface area contributed by atoms with Crippen molar-refractivity contribution in [3.8, 4) is 11.3 Å². The molecule has 7 nitrogen and oxygen atoms in total. The quantitative estimate of drug-likeness (QED) is 0.672. The molecule has 0 amide bonds. The van der Waals surface area contributed by atoms with Gasteiger partial charge in [0.1, 0.15) is 22.8 Å². The maximum absolute atomic E-state index is 14.5. The fraction of sp³-hybridized carbons (Fsp3) is 0.455. The molecule has 2 fully saturated rings. The lowest BCUT2D eigenvalue weighted by molar-refractivity contribution is 0.0526. The summed E-state index contributed by atoms with van der Waals surface area (Å²) in [7, 11) is 0. The Bertz CT molecular complexity index is 1090. The number of nitrogens with one attached hydrogen (secondary N) is 1. The Morgan fingerprint density at radius 2 is 1.77 bits per heavy atom. The first-order chi connectivity index (χ1) is 14.9. The molecule has 2 aliphatic rings. The van der Waals surface area contributed by atoms with E-state index < -0.39 is 11.6 Å². The first-order valence-corrected chi connectivity index (χ1v) is 10.5. The minimum absolute atomic E-state index is 0.0369. The van der Waals surface area contributed by atoms with Crippen molar-refractivity contribution in [2.75, 3.05) is 37.7 Å². The van der Waals surface area contributed by atoms with Gasteiger partial charge >= 0.3 is 0 Å². The zero-order valence-electron chi connectivity index (χ0n) is 18.0. The number of ether oxygens (including phenoxy) is 1. The number of morpholine rings is 1. The second kappa shape index (κ2) is 9.15. The van der Waals surface area contributed by atoms with Gasteiger partial charge in [-0.05, 0) is 52.4 Å². The smallest absolute Gasteiger partial charge is 0.228 e. The minimum atomic E-state index is -0.698. The van der Waals surface area contributed by atoms with Crippen LogP contribution >= 0.6 is 0 Å². The molecule has 1 unspecified atom stereocenters. The summed E-state index contributed by atoms with van der Waals surface area (Å²) < 4.78 is 33.5. The van der Waals surface area contributed by atoms with Gasteiger partial charge in [0, 0.05) is 24.7 Å². The number of fused-ring (bicyclic) bond motifs is 1. The van der Waals surface area contributed by atoms with Crippen molar-refractivity contribution >= 4 is 17.1 Å². The molecular formula is C22H26F2N6O. The third kappa shape index (κ3) is 4.77. The van der Waals surface area contributed by atoms with Crippen molar-refractivity contribution in [3.05, 3.63) is 41.2 Å². The summed E-state index contributed by atoms with van der Waals surface area (Å²) in [5.74, 6) is -0.903. The van der Waals surface area contributed by atoms with Gasteiger partial charge in [-0.2, -0.15) is 4.98 Å². The van der Waals surface area contributed by atoms with Crippen LogP contribution in [0.3, 0.4) is 0 Å². The molecule has 0 spiro atoms. The van der Waals surface area contributed by atoms with Gasteiger partial charge in [0.2, 0.25) is 5.95 Å². The zero-order valence-corrected chi connectivity index (χ0v) is 18.0. The molecule has 2 aliphatic heterocycles. The highest BCUT2D eigenvalue weighted by molar-refractivity contribution is 5.88. The van der Waals surface area contributed by atoms with Crippen molar-refractivity contribution in [2.24, 2.45) is 0 Å². The number of aryl methyl sites for hydroxylation is 2. The summed E-state index contributed by atoms with van der Waals surface area (Å²) >= 11 is 0. The highest BCUT2D eigenvalue weighted by atomic mass is 19.1. The number of anilines is 1. The number of rotatable bonds is 2. The molecule has 4 heterocycles. The summed E-state index contributed by atoms with van der Waals surface area (Å²) in [5.41, 5.74) is 2.72. The highest BCUT2D eigenvalue weighted by Gasteiger charge is 2.23. The Labute approximate surface area is 179 Å². The summed E-state index contributed by atoms with van der Waals surface area (Å²) in [6.45, 7) is 9.94. The lowest BCUT2D eigenvalue weighted by Crippen LogP contribution is -2.42. The van der Waals surface area contributed by atoms with Crippen molar-refractivity contribution in [3.63, 3.8) is 0 Å². The van der Waals surface area contributed by atoms with Gasteiger partial charge in [-0.3, -0.25) is 0 Å². The second-order valence-electron chi connectivity index (χ2n) is 7.79. The van der Waals surface area contributed by atoms with Crippen LogP contribution < -0.4 is 10.2 Å². The Balaban J connectivity index is 0.000000520. The Morgan fingerprint density at radius 1 is 1.06 bits per heavy atom. The highest BCUT2D eigenvalue weighted by Crippen LogP contribution is 2.29. The topological polar surface area (TPSA) is 76.1 Å². The van der Waals surface area contributed by atoms with Crippen LogP contribution in [0.15, 0.2) is 18.2 Å². The van der Waals surface area contributed by atoms with Crippen LogP contribution in [0.25, 0.3) is 22.4 Å². The average Bonchev–Trinajstić information content (AvgIpc) is 2.67. The molecule has 1 aromatic carbocycles. The summed E-state index contributed by atoms with van der Waals surface area (Å²) in [6.07, 6.45) is 1.43. The fourth-order valence-electron chi connectivity index (χ4n) is 3.29. The van der Waals surface area contributed by atoms with E-state index in [2.05, 4.69) is 25.3 Å². The van der Waals surface area contributed by atoms with Crippen LogP contribution in [0, 0.1) is 25.5 Å². The fourth-order valence-corrected chi connectivity index (χ4v) is 3.29. The average molecular weight is 428 g/mol. The first kappa shape index (κ1) is 21.5. The van der Waals surface area contributed by atoms with E-state index in [9.17, 15) is 8.78 Å². The van der Waals surface area contributed by atoms with Crippen molar-refractivity contribution in [1.82, 2.24) is 25.3 Å². The Morgan fingerprint density at radius 3 is 2.42 bits per heavy atom. The number of aromatic nitrogens is 4. The maximum atomic E-state index is 14.5. The van der Waals surface area contributed by atoms with Gasteiger partial charge in [0.25, 0.3) is 0 Å². The van der Waals surface area contributed by atoms with Crippen molar-refractivity contribution < 1.29 is 13.5 Å². The molecule has 0 aliphatic carbocycles. The van der Waals surface area contributed by atoms with Crippen LogP contribution in [-0.2, 0) is 4.74 Å². The molecule has 0 bridgehead atoms. The number of hydrogen-bond acceptors (Lipinski definition) is 7. The molecule has 31 heavy (non-hydrogen) atoms. The van der Waals surface area contributed by atoms with E-state index >= 15 is 0 Å². The monoisotopic (exact) mass is 428 g/mol. The summed E-state index contributed by atoms with van der Waals surface area (Å²) in [5, 5.41) is 3.11. The lowest BCUT2D eigenvalue weighted by Gasteiger charge is -2.31. The van der Waals surface area contributed by atoms with E-state index in [1.165, 1.54) is 31.6 Å². The van der Waals surface area contributed by atoms with Gasteiger partial charge in [0.15, 0.2) is 5.65 Å². The predicted molar refractivity (Wildman–Crippen MR) is 115 cm³/mol. The Kier molecular flexibility index (Phi) is 6.33. The number of halogens is 2. The van der Waals surface area contributed by atoms with Crippen molar-refractivity contribution in [2.45, 2.75) is 33.3 Å². The molecule has 1 N–H and O–H groups in total. The van der Waals surface area contributed by atoms with E-state index in [4.69, 9.17) is 4.74 Å². The SMILES string of the molecule is C1CNC1.Cc1nc2nc(N3CCOC(C)C3)nc(-c3ccc(F)cc3F)c2nc1C. The number of benzene rings is 1. The lowest BCUT2D eigenvalue weighted by atomic mass is 10.1. The maximum Gasteiger partial charge on any atom is 0.228 e. The summed E-state index contributed by atoms with van der Waals surface area (Å²) in [4.78, 5) is 20.2. The largest absolute Gasteiger partial charge is 0.375 e. The van der Waals surface area contributed by atoms with Gasteiger partial charge in [0.05, 0.1) is 24.1 Å². The minimum Gasteiger partial charge on any atom is -0.375 e.